The van der Waals surface area contributed by atoms with Crippen molar-refractivity contribution in [3.8, 4) is 12.3 Å². The second-order valence-corrected chi connectivity index (χ2v) is 5.87. The molecule has 0 amide bonds. The Balaban J connectivity index is 2.08. The zero-order valence-corrected chi connectivity index (χ0v) is 13.3. The molecule has 2 rings (SSSR count). The highest BCUT2D eigenvalue weighted by Crippen LogP contribution is 2.50. The maximum Gasteiger partial charge on any atom is 0.192 e. The van der Waals surface area contributed by atoms with Gasteiger partial charge in [0.1, 0.15) is 0 Å². The summed E-state index contributed by atoms with van der Waals surface area (Å²) < 4.78 is 1.18. The van der Waals surface area contributed by atoms with Crippen LogP contribution in [-0.4, -0.2) is 25.6 Å². The maximum atomic E-state index is 5.28. The monoisotopic (exact) mass is 333 g/mol. The standard InChI is InChI=1S/C16H20BrN3/c1-3-11-19-15(18-4-2)20-12-16(9-10-16)13-7-5-6-8-14(13)17/h1,5-8H,4,9-12H2,2H3,(H2,18,19,20). The quantitative estimate of drug-likeness (QED) is 0.493. The summed E-state index contributed by atoms with van der Waals surface area (Å²) >= 11 is 3.65. The minimum absolute atomic E-state index is 0.193. The first kappa shape index (κ1) is 14.9. The molecule has 106 valence electrons. The Kier molecular flexibility index (Phi) is 5.08. The first-order chi connectivity index (χ1) is 9.72. The van der Waals surface area contributed by atoms with Gasteiger partial charge in [-0.15, -0.1) is 6.42 Å². The lowest BCUT2D eigenvalue weighted by molar-refractivity contribution is 0.693. The number of nitrogens with zero attached hydrogens (tertiary/aromatic N) is 1. The van der Waals surface area contributed by atoms with Crippen molar-refractivity contribution < 1.29 is 0 Å². The summed E-state index contributed by atoms with van der Waals surface area (Å²) in [6, 6.07) is 8.42. The van der Waals surface area contributed by atoms with Crippen molar-refractivity contribution in [3.05, 3.63) is 34.3 Å². The van der Waals surface area contributed by atoms with Crippen LogP contribution in [0.15, 0.2) is 33.7 Å². The fourth-order valence-electron chi connectivity index (χ4n) is 2.26. The van der Waals surface area contributed by atoms with E-state index in [1.165, 1.54) is 22.9 Å². The number of rotatable bonds is 5. The van der Waals surface area contributed by atoms with Crippen LogP contribution in [0, 0.1) is 12.3 Å². The molecule has 1 aromatic carbocycles. The van der Waals surface area contributed by atoms with Crippen molar-refractivity contribution in [1.82, 2.24) is 10.6 Å². The molecule has 0 atom stereocenters. The largest absolute Gasteiger partial charge is 0.357 e. The average Bonchev–Trinajstić information content (AvgIpc) is 3.23. The van der Waals surface area contributed by atoms with Gasteiger partial charge in [0.25, 0.3) is 0 Å². The molecule has 0 heterocycles. The van der Waals surface area contributed by atoms with Crippen molar-refractivity contribution in [2.45, 2.75) is 25.2 Å². The Hall–Kier alpha value is -1.47. The number of hydrogen-bond acceptors (Lipinski definition) is 1. The Bertz CT molecular complexity index is 527. The van der Waals surface area contributed by atoms with Crippen LogP contribution in [0.4, 0.5) is 0 Å². The fourth-order valence-corrected chi connectivity index (χ4v) is 2.97. The topological polar surface area (TPSA) is 36.4 Å². The molecule has 1 aliphatic rings. The molecule has 0 unspecified atom stereocenters. The van der Waals surface area contributed by atoms with Gasteiger partial charge in [0, 0.05) is 16.4 Å². The van der Waals surface area contributed by atoms with Gasteiger partial charge in [0.2, 0.25) is 0 Å². The van der Waals surface area contributed by atoms with Crippen LogP contribution < -0.4 is 10.6 Å². The van der Waals surface area contributed by atoms with Gasteiger partial charge in [0.15, 0.2) is 5.96 Å². The first-order valence-electron chi connectivity index (χ1n) is 6.92. The van der Waals surface area contributed by atoms with E-state index in [2.05, 4.69) is 55.7 Å². The Morgan fingerprint density at radius 1 is 1.40 bits per heavy atom. The van der Waals surface area contributed by atoms with E-state index in [9.17, 15) is 0 Å². The molecule has 4 heteroatoms. The molecule has 1 fully saturated rings. The smallest absolute Gasteiger partial charge is 0.192 e. The van der Waals surface area contributed by atoms with Crippen LogP contribution in [0.25, 0.3) is 0 Å². The minimum Gasteiger partial charge on any atom is -0.357 e. The molecule has 1 aliphatic carbocycles. The molecule has 0 radical (unpaired) electrons. The van der Waals surface area contributed by atoms with Gasteiger partial charge in [-0.1, -0.05) is 40.0 Å². The molecule has 0 bridgehead atoms. The van der Waals surface area contributed by atoms with Crippen LogP contribution >= 0.6 is 15.9 Å². The molecule has 0 spiro atoms. The minimum atomic E-state index is 0.193. The lowest BCUT2D eigenvalue weighted by Crippen LogP contribution is -2.38. The second kappa shape index (κ2) is 6.81. The molecule has 2 N–H and O–H groups in total. The number of aliphatic imine (C=N–C) groups is 1. The van der Waals surface area contributed by atoms with Crippen molar-refractivity contribution >= 4 is 21.9 Å². The van der Waals surface area contributed by atoms with Crippen molar-refractivity contribution in [1.29, 1.82) is 0 Å². The predicted molar refractivity (Wildman–Crippen MR) is 87.9 cm³/mol. The average molecular weight is 334 g/mol. The van der Waals surface area contributed by atoms with Crippen LogP contribution in [0.3, 0.4) is 0 Å². The number of guanidine groups is 1. The van der Waals surface area contributed by atoms with Crippen LogP contribution in [0.1, 0.15) is 25.3 Å². The molecule has 20 heavy (non-hydrogen) atoms. The summed E-state index contributed by atoms with van der Waals surface area (Å²) in [7, 11) is 0. The van der Waals surface area contributed by atoms with Gasteiger partial charge in [-0.25, -0.2) is 0 Å². The third-order valence-electron chi connectivity index (χ3n) is 3.54. The van der Waals surface area contributed by atoms with Crippen LogP contribution in [0.2, 0.25) is 0 Å². The summed E-state index contributed by atoms with van der Waals surface area (Å²) in [6.07, 6.45) is 7.65. The van der Waals surface area contributed by atoms with E-state index in [1.807, 2.05) is 13.0 Å². The number of nitrogens with one attached hydrogen (secondary N) is 2. The van der Waals surface area contributed by atoms with Crippen LogP contribution in [-0.2, 0) is 5.41 Å². The predicted octanol–water partition coefficient (Wildman–Crippen LogP) is 2.67. The molecular weight excluding hydrogens is 314 g/mol. The normalized spacial score (nSPS) is 16.4. The number of terminal acetylenes is 1. The van der Waals surface area contributed by atoms with Crippen molar-refractivity contribution in [3.63, 3.8) is 0 Å². The zero-order valence-electron chi connectivity index (χ0n) is 11.7. The van der Waals surface area contributed by atoms with E-state index >= 15 is 0 Å². The van der Waals surface area contributed by atoms with Gasteiger partial charge in [-0.2, -0.15) is 0 Å². The Labute approximate surface area is 129 Å². The number of hydrogen-bond donors (Lipinski definition) is 2. The lowest BCUT2D eigenvalue weighted by Gasteiger charge is -2.16. The number of benzene rings is 1. The van der Waals surface area contributed by atoms with Crippen molar-refractivity contribution in [2.75, 3.05) is 19.6 Å². The molecule has 1 saturated carbocycles. The summed E-state index contributed by atoms with van der Waals surface area (Å²) in [6.45, 7) is 4.16. The second-order valence-electron chi connectivity index (χ2n) is 5.01. The van der Waals surface area contributed by atoms with E-state index < -0.39 is 0 Å². The Morgan fingerprint density at radius 3 is 2.75 bits per heavy atom. The summed E-state index contributed by atoms with van der Waals surface area (Å²) in [5.74, 6) is 3.37. The van der Waals surface area contributed by atoms with Gasteiger partial charge in [-0.05, 0) is 31.4 Å². The van der Waals surface area contributed by atoms with E-state index in [-0.39, 0.29) is 5.41 Å². The molecule has 0 aromatic heterocycles. The Morgan fingerprint density at radius 2 is 2.15 bits per heavy atom. The van der Waals surface area contributed by atoms with E-state index in [4.69, 9.17) is 6.42 Å². The number of halogens is 1. The summed E-state index contributed by atoms with van der Waals surface area (Å²) in [4.78, 5) is 4.68. The molecule has 3 nitrogen and oxygen atoms in total. The highest BCUT2D eigenvalue weighted by Gasteiger charge is 2.45. The highest BCUT2D eigenvalue weighted by molar-refractivity contribution is 9.10. The van der Waals surface area contributed by atoms with Crippen molar-refractivity contribution in [2.24, 2.45) is 4.99 Å². The zero-order chi connectivity index (χ0) is 14.4. The molecule has 0 aliphatic heterocycles. The maximum absolute atomic E-state index is 5.28. The molecule has 1 aromatic rings. The van der Waals surface area contributed by atoms with E-state index in [0.717, 1.165) is 19.0 Å². The summed E-state index contributed by atoms with van der Waals surface area (Å²) in [5, 5.41) is 6.34. The van der Waals surface area contributed by atoms with E-state index in [0.29, 0.717) is 6.54 Å². The molecule has 0 saturated heterocycles. The van der Waals surface area contributed by atoms with E-state index in [1.54, 1.807) is 0 Å². The lowest BCUT2D eigenvalue weighted by atomic mass is 9.96. The summed E-state index contributed by atoms with van der Waals surface area (Å²) in [5.41, 5.74) is 1.55. The fraction of sp³-hybridized carbons (Fsp3) is 0.438. The third kappa shape index (κ3) is 3.55. The van der Waals surface area contributed by atoms with Gasteiger partial charge in [-0.3, -0.25) is 4.99 Å². The highest BCUT2D eigenvalue weighted by atomic mass is 79.9. The van der Waals surface area contributed by atoms with Gasteiger partial charge < -0.3 is 10.6 Å². The first-order valence-corrected chi connectivity index (χ1v) is 7.72. The van der Waals surface area contributed by atoms with Crippen LogP contribution in [0.5, 0.6) is 0 Å². The third-order valence-corrected chi connectivity index (χ3v) is 4.23. The van der Waals surface area contributed by atoms with Gasteiger partial charge >= 0.3 is 0 Å². The molecular formula is C16H20BrN3. The SMILES string of the molecule is C#CCNC(=NCC1(c2ccccc2Br)CC1)NCC. The van der Waals surface area contributed by atoms with Gasteiger partial charge in [0.05, 0.1) is 13.1 Å².